The van der Waals surface area contributed by atoms with Crippen molar-refractivity contribution in [1.29, 1.82) is 0 Å². The molecule has 0 fully saturated rings. The molecule has 1 aliphatic rings. The fraction of sp³-hybridized carbons (Fsp3) is 0.143. The maximum atomic E-state index is 11.6. The van der Waals surface area contributed by atoms with E-state index in [4.69, 9.17) is 9.47 Å². The van der Waals surface area contributed by atoms with E-state index in [-0.39, 0.29) is 12.4 Å². The average molecular weight is 362 g/mol. The topological polar surface area (TPSA) is 73.0 Å². The zero-order valence-electron chi connectivity index (χ0n) is 15.0. The Kier molecular flexibility index (Phi) is 4.16. The van der Waals surface area contributed by atoms with E-state index >= 15 is 0 Å². The first kappa shape index (κ1) is 16.9. The van der Waals surface area contributed by atoms with E-state index in [1.54, 1.807) is 18.3 Å². The molecule has 0 saturated carbocycles. The van der Waals surface area contributed by atoms with Crippen molar-refractivity contribution in [2.24, 2.45) is 4.99 Å². The van der Waals surface area contributed by atoms with Crippen LogP contribution in [0.15, 0.2) is 53.5 Å². The van der Waals surface area contributed by atoms with Crippen molar-refractivity contribution < 1.29 is 19.4 Å². The Balaban J connectivity index is 1.70. The quantitative estimate of drug-likeness (QED) is 0.704. The summed E-state index contributed by atoms with van der Waals surface area (Å²) < 4.78 is 12.6. The van der Waals surface area contributed by atoms with Crippen molar-refractivity contribution in [3.8, 4) is 17.2 Å². The molecule has 1 N–H and O–H groups in total. The van der Waals surface area contributed by atoms with Gasteiger partial charge in [0.2, 0.25) is 6.79 Å². The third-order valence-corrected chi connectivity index (χ3v) is 4.55. The molecular weight excluding hydrogens is 344 g/mol. The van der Waals surface area contributed by atoms with Crippen molar-refractivity contribution in [1.82, 2.24) is 4.57 Å². The van der Waals surface area contributed by atoms with Crippen LogP contribution in [0.3, 0.4) is 0 Å². The van der Waals surface area contributed by atoms with Crippen LogP contribution in [0.5, 0.6) is 11.5 Å². The lowest BCUT2D eigenvalue weighted by Crippen LogP contribution is -2.07. The first-order valence-corrected chi connectivity index (χ1v) is 8.50. The summed E-state index contributed by atoms with van der Waals surface area (Å²) in [6.07, 6.45) is 1.78. The number of benzene rings is 2. The summed E-state index contributed by atoms with van der Waals surface area (Å²) in [6, 6.07) is 14.5. The Morgan fingerprint density at radius 1 is 1.11 bits per heavy atom. The fourth-order valence-electron chi connectivity index (χ4n) is 3.25. The van der Waals surface area contributed by atoms with E-state index in [0.29, 0.717) is 11.4 Å². The maximum absolute atomic E-state index is 11.6. The minimum absolute atomic E-state index is 0.229. The number of para-hydroxylation sites is 1. The van der Waals surface area contributed by atoms with Gasteiger partial charge in [-0.25, -0.2) is 4.79 Å². The molecule has 4 rings (SSSR count). The molecule has 3 aromatic rings. The summed E-state index contributed by atoms with van der Waals surface area (Å²) in [6.45, 7) is 4.13. The SMILES string of the molecule is Cc1cc(C=Nc2ccc3c(c2)OCO3)c(C)n1-c1ccccc1C(=O)O. The van der Waals surface area contributed by atoms with Gasteiger partial charge in [-0.3, -0.25) is 4.99 Å². The van der Waals surface area contributed by atoms with E-state index in [9.17, 15) is 9.90 Å². The van der Waals surface area contributed by atoms with Gasteiger partial charge in [-0.1, -0.05) is 12.1 Å². The summed E-state index contributed by atoms with van der Waals surface area (Å²) in [5, 5.41) is 9.48. The Morgan fingerprint density at radius 2 is 1.89 bits per heavy atom. The highest BCUT2D eigenvalue weighted by atomic mass is 16.7. The summed E-state index contributed by atoms with van der Waals surface area (Å²) in [7, 11) is 0. The summed E-state index contributed by atoms with van der Waals surface area (Å²) >= 11 is 0. The van der Waals surface area contributed by atoms with Gasteiger partial charge >= 0.3 is 5.97 Å². The normalized spacial score (nSPS) is 12.7. The molecule has 2 heterocycles. The monoisotopic (exact) mass is 362 g/mol. The van der Waals surface area contributed by atoms with Crippen molar-refractivity contribution in [3.63, 3.8) is 0 Å². The van der Waals surface area contributed by atoms with Gasteiger partial charge in [-0.05, 0) is 44.2 Å². The molecule has 1 aliphatic heterocycles. The predicted molar refractivity (Wildman–Crippen MR) is 102 cm³/mol. The van der Waals surface area contributed by atoms with Crippen molar-refractivity contribution in [3.05, 3.63) is 71.0 Å². The lowest BCUT2D eigenvalue weighted by Gasteiger charge is -2.12. The molecule has 0 radical (unpaired) electrons. The number of aryl methyl sites for hydroxylation is 1. The van der Waals surface area contributed by atoms with Gasteiger partial charge in [0.1, 0.15) is 0 Å². The number of carboxylic acid groups (broad SMARTS) is 1. The van der Waals surface area contributed by atoms with Crippen LogP contribution in [-0.2, 0) is 0 Å². The molecule has 0 spiro atoms. The van der Waals surface area contributed by atoms with E-state index in [2.05, 4.69) is 4.99 Å². The number of aromatic carboxylic acids is 1. The molecule has 136 valence electrons. The number of ether oxygens (including phenoxy) is 2. The van der Waals surface area contributed by atoms with Crippen LogP contribution >= 0.6 is 0 Å². The van der Waals surface area contributed by atoms with Gasteiger partial charge in [0.05, 0.1) is 16.9 Å². The molecule has 0 saturated heterocycles. The highest BCUT2D eigenvalue weighted by Crippen LogP contribution is 2.35. The molecule has 2 aromatic carbocycles. The minimum Gasteiger partial charge on any atom is -0.478 e. The lowest BCUT2D eigenvalue weighted by molar-refractivity contribution is 0.0697. The number of carboxylic acids is 1. The number of aliphatic imine (C=N–C) groups is 1. The summed E-state index contributed by atoms with van der Waals surface area (Å²) in [5.74, 6) is 0.455. The molecule has 0 unspecified atom stereocenters. The third kappa shape index (κ3) is 3.06. The number of hydrogen-bond acceptors (Lipinski definition) is 4. The number of hydrogen-bond donors (Lipinski definition) is 1. The van der Waals surface area contributed by atoms with Crippen molar-refractivity contribution in [2.75, 3.05) is 6.79 Å². The van der Waals surface area contributed by atoms with Crippen LogP contribution in [0.25, 0.3) is 5.69 Å². The maximum Gasteiger partial charge on any atom is 0.337 e. The third-order valence-electron chi connectivity index (χ3n) is 4.55. The molecule has 0 aliphatic carbocycles. The molecule has 0 atom stereocenters. The number of nitrogens with zero attached hydrogens (tertiary/aromatic N) is 2. The van der Waals surface area contributed by atoms with Gasteiger partial charge in [-0.15, -0.1) is 0 Å². The molecule has 6 nitrogen and oxygen atoms in total. The van der Waals surface area contributed by atoms with E-state index < -0.39 is 5.97 Å². The van der Waals surface area contributed by atoms with Crippen molar-refractivity contribution in [2.45, 2.75) is 13.8 Å². The van der Waals surface area contributed by atoms with E-state index in [0.717, 1.165) is 28.4 Å². The minimum atomic E-state index is -0.950. The highest BCUT2D eigenvalue weighted by Gasteiger charge is 2.16. The second-order valence-corrected chi connectivity index (χ2v) is 6.28. The van der Waals surface area contributed by atoms with Crippen LogP contribution < -0.4 is 9.47 Å². The Bertz CT molecular complexity index is 1070. The number of aromatic nitrogens is 1. The second-order valence-electron chi connectivity index (χ2n) is 6.28. The van der Waals surface area contributed by atoms with Gasteiger partial charge < -0.3 is 19.1 Å². The number of fused-ring (bicyclic) bond motifs is 1. The highest BCUT2D eigenvalue weighted by molar-refractivity contribution is 5.92. The number of rotatable bonds is 4. The zero-order chi connectivity index (χ0) is 19.0. The van der Waals surface area contributed by atoms with Gasteiger partial charge in [0.25, 0.3) is 0 Å². The fourth-order valence-corrected chi connectivity index (χ4v) is 3.25. The van der Waals surface area contributed by atoms with Gasteiger partial charge in [0, 0.05) is 29.2 Å². The van der Waals surface area contributed by atoms with Crippen LogP contribution in [0, 0.1) is 13.8 Å². The van der Waals surface area contributed by atoms with Gasteiger partial charge in [-0.2, -0.15) is 0 Å². The second kappa shape index (κ2) is 6.64. The molecule has 0 bridgehead atoms. The first-order chi connectivity index (χ1) is 13.0. The first-order valence-electron chi connectivity index (χ1n) is 8.50. The largest absolute Gasteiger partial charge is 0.478 e. The number of carbonyl (C=O) groups is 1. The van der Waals surface area contributed by atoms with Crippen molar-refractivity contribution >= 4 is 17.9 Å². The predicted octanol–water partition coefficient (Wildman–Crippen LogP) is 4.27. The Morgan fingerprint density at radius 3 is 2.70 bits per heavy atom. The van der Waals surface area contributed by atoms with Crippen LogP contribution in [0.1, 0.15) is 27.3 Å². The summed E-state index contributed by atoms with van der Waals surface area (Å²) in [5.41, 5.74) is 4.45. The molecule has 0 amide bonds. The molecular formula is C21H18N2O4. The van der Waals surface area contributed by atoms with Crippen LogP contribution in [0.4, 0.5) is 5.69 Å². The van der Waals surface area contributed by atoms with E-state index in [1.165, 1.54) is 0 Å². The molecule has 1 aromatic heterocycles. The zero-order valence-corrected chi connectivity index (χ0v) is 15.0. The average Bonchev–Trinajstić information content (AvgIpc) is 3.23. The molecule has 27 heavy (non-hydrogen) atoms. The lowest BCUT2D eigenvalue weighted by atomic mass is 10.1. The van der Waals surface area contributed by atoms with Gasteiger partial charge in [0.15, 0.2) is 11.5 Å². The summed E-state index contributed by atoms with van der Waals surface area (Å²) in [4.78, 5) is 16.1. The molecule has 6 heteroatoms. The van der Waals surface area contributed by atoms with E-state index in [1.807, 2.05) is 54.8 Å². The smallest absolute Gasteiger partial charge is 0.337 e. The van der Waals surface area contributed by atoms with Crippen LogP contribution in [0.2, 0.25) is 0 Å². The van der Waals surface area contributed by atoms with Crippen LogP contribution in [-0.4, -0.2) is 28.7 Å². The Hall–Kier alpha value is -3.54. The Labute approximate surface area is 156 Å². The standard InChI is InChI=1S/C21H18N2O4/c1-13-9-15(11-22-16-7-8-19-20(10-16)27-12-26-19)14(2)23(13)18-6-4-3-5-17(18)21(24)25/h3-11H,12H2,1-2H3,(H,24,25).